The quantitative estimate of drug-likeness (QED) is 0.386. The van der Waals surface area contributed by atoms with E-state index in [1.165, 1.54) is 6.92 Å². The maximum absolute atomic E-state index is 12.0. The number of aliphatic carboxylic acids is 1. The molecule has 0 saturated heterocycles. The molecule has 6 heteroatoms. The Hall–Kier alpha value is -3.58. The Kier molecular flexibility index (Phi) is 11.3. The van der Waals surface area contributed by atoms with E-state index in [-0.39, 0.29) is 0 Å². The van der Waals surface area contributed by atoms with E-state index >= 15 is 0 Å². The highest BCUT2D eigenvalue weighted by atomic mass is 16.4. The van der Waals surface area contributed by atoms with Gasteiger partial charge >= 0.3 is 5.97 Å². The zero-order valence-corrected chi connectivity index (χ0v) is 19.0. The van der Waals surface area contributed by atoms with Crippen LogP contribution >= 0.6 is 0 Å². The zero-order chi connectivity index (χ0) is 23.9. The fourth-order valence-corrected chi connectivity index (χ4v) is 2.98. The van der Waals surface area contributed by atoms with Gasteiger partial charge in [-0.05, 0) is 44.0 Å². The maximum Gasteiger partial charge on any atom is 0.325 e. The van der Waals surface area contributed by atoms with Gasteiger partial charge in [-0.15, -0.1) is 0 Å². The van der Waals surface area contributed by atoms with Crippen LogP contribution < -0.4 is 11.1 Å². The molecular weight excluding hydrogens is 414 g/mol. The van der Waals surface area contributed by atoms with E-state index < -0.39 is 24.0 Å². The third-order valence-electron chi connectivity index (χ3n) is 4.92. The monoisotopic (exact) mass is 445 g/mol. The predicted molar refractivity (Wildman–Crippen MR) is 130 cm³/mol. The molecule has 0 spiro atoms. The van der Waals surface area contributed by atoms with Crippen LogP contribution in [0.1, 0.15) is 37.3 Å². The van der Waals surface area contributed by atoms with Gasteiger partial charge in [0.15, 0.2) is 0 Å². The summed E-state index contributed by atoms with van der Waals surface area (Å²) in [5.74, 6) is 11.3. The lowest BCUT2D eigenvalue weighted by Crippen LogP contribution is -2.47. The molecule has 2 aromatic rings. The van der Waals surface area contributed by atoms with E-state index in [1.807, 2.05) is 60.7 Å². The molecule has 172 valence electrons. The number of amides is 1. The number of nitrogens with two attached hydrogens (primary N) is 1. The summed E-state index contributed by atoms with van der Waals surface area (Å²) in [6.45, 7) is 3.35. The van der Waals surface area contributed by atoms with Crippen molar-refractivity contribution in [2.75, 3.05) is 19.6 Å². The number of nitrogens with one attached hydrogen (secondary N) is 1. The van der Waals surface area contributed by atoms with Gasteiger partial charge in [0.05, 0.1) is 19.1 Å². The van der Waals surface area contributed by atoms with Crippen LogP contribution in [0.4, 0.5) is 0 Å². The molecule has 0 aliphatic carbocycles. The molecule has 2 atom stereocenters. The van der Waals surface area contributed by atoms with Crippen LogP contribution in [-0.2, 0) is 9.59 Å². The second kappa shape index (κ2) is 14.5. The number of carboxylic acids is 1. The first kappa shape index (κ1) is 25.7. The molecule has 0 aliphatic rings. The van der Waals surface area contributed by atoms with Gasteiger partial charge in [-0.3, -0.25) is 14.5 Å². The summed E-state index contributed by atoms with van der Waals surface area (Å²) in [5, 5.41) is 11.3. The number of rotatable bonds is 10. The summed E-state index contributed by atoms with van der Waals surface area (Å²) in [7, 11) is 0. The van der Waals surface area contributed by atoms with Crippen molar-refractivity contribution in [3.05, 3.63) is 71.8 Å². The topological polar surface area (TPSA) is 95.7 Å². The summed E-state index contributed by atoms with van der Waals surface area (Å²) in [6.07, 6.45) is 2.05. The van der Waals surface area contributed by atoms with E-state index in [4.69, 9.17) is 10.8 Å². The van der Waals surface area contributed by atoms with Gasteiger partial charge < -0.3 is 16.2 Å². The molecular formula is C27H31N3O3. The van der Waals surface area contributed by atoms with Crippen molar-refractivity contribution in [3.8, 4) is 23.7 Å². The van der Waals surface area contributed by atoms with Crippen LogP contribution in [0.15, 0.2) is 60.7 Å². The minimum atomic E-state index is -1.08. The Morgan fingerprint density at radius 1 is 0.939 bits per heavy atom. The smallest absolute Gasteiger partial charge is 0.325 e. The van der Waals surface area contributed by atoms with Gasteiger partial charge in [-0.1, -0.05) is 66.5 Å². The van der Waals surface area contributed by atoms with Crippen molar-refractivity contribution >= 4 is 11.9 Å². The number of carboxylic acid groups (broad SMARTS) is 1. The van der Waals surface area contributed by atoms with Crippen molar-refractivity contribution in [1.29, 1.82) is 0 Å². The normalized spacial score (nSPS) is 12.0. The molecule has 2 aromatic carbocycles. The fourth-order valence-electron chi connectivity index (χ4n) is 2.98. The number of hydrogen-bond acceptors (Lipinski definition) is 4. The average molecular weight is 446 g/mol. The molecule has 1 amide bonds. The van der Waals surface area contributed by atoms with E-state index in [2.05, 4.69) is 33.9 Å². The van der Waals surface area contributed by atoms with E-state index in [9.17, 15) is 9.59 Å². The number of hydrogen-bond donors (Lipinski definition) is 3. The minimum Gasteiger partial charge on any atom is -0.480 e. The Balaban J connectivity index is 1.86. The number of unbranched alkanes of at least 4 members (excludes halogenated alkanes) is 1. The van der Waals surface area contributed by atoms with Crippen molar-refractivity contribution < 1.29 is 14.7 Å². The summed E-state index contributed by atoms with van der Waals surface area (Å²) < 4.78 is 0. The van der Waals surface area contributed by atoms with Gasteiger partial charge in [0.25, 0.3) is 0 Å². The molecule has 0 aliphatic heterocycles. The first-order valence-electron chi connectivity index (χ1n) is 11.0. The highest BCUT2D eigenvalue weighted by Crippen LogP contribution is 2.03. The van der Waals surface area contributed by atoms with Gasteiger partial charge in [0, 0.05) is 17.7 Å². The molecule has 4 N–H and O–H groups in total. The third kappa shape index (κ3) is 10.5. The molecule has 0 saturated carbocycles. The summed E-state index contributed by atoms with van der Waals surface area (Å²) in [6, 6.07) is 18.0. The van der Waals surface area contributed by atoms with Crippen LogP contribution in [0.25, 0.3) is 0 Å². The summed E-state index contributed by atoms with van der Waals surface area (Å²) in [4.78, 5) is 25.0. The molecule has 0 fully saturated rings. The van der Waals surface area contributed by atoms with Crippen molar-refractivity contribution in [2.24, 2.45) is 5.73 Å². The third-order valence-corrected chi connectivity index (χ3v) is 4.92. The molecule has 6 nitrogen and oxygen atoms in total. The molecule has 0 bridgehead atoms. The lowest BCUT2D eigenvalue weighted by Gasteiger charge is -2.18. The molecule has 2 rings (SSSR count). The first-order chi connectivity index (χ1) is 16.0. The predicted octanol–water partition coefficient (Wildman–Crippen LogP) is 2.48. The van der Waals surface area contributed by atoms with E-state index in [0.29, 0.717) is 19.5 Å². The standard InChI is InChI=1S/C27H31N3O3/c1-22(27(32)33)29-26(31)25(28)18-8-9-19-30(20-10-16-23-12-4-2-5-13-23)21-11-17-24-14-6-3-7-15-24/h2-7,12-15,22,25H,8-9,18-21,28H2,1H3,(H,29,31)(H,32,33)/t22-,25-/m0/s1. The van der Waals surface area contributed by atoms with Crippen molar-refractivity contribution in [1.82, 2.24) is 10.2 Å². The zero-order valence-electron chi connectivity index (χ0n) is 19.0. The van der Waals surface area contributed by atoms with E-state index in [0.717, 1.165) is 30.5 Å². The fraction of sp³-hybridized carbons (Fsp3) is 0.333. The maximum atomic E-state index is 12.0. The average Bonchev–Trinajstić information content (AvgIpc) is 2.82. The molecule has 0 aromatic heterocycles. The lowest BCUT2D eigenvalue weighted by molar-refractivity contribution is -0.141. The van der Waals surface area contributed by atoms with Crippen molar-refractivity contribution in [3.63, 3.8) is 0 Å². The lowest BCUT2D eigenvalue weighted by atomic mass is 10.1. The Morgan fingerprint density at radius 2 is 1.45 bits per heavy atom. The van der Waals surface area contributed by atoms with Crippen LogP contribution in [0, 0.1) is 23.7 Å². The van der Waals surface area contributed by atoms with Crippen LogP contribution in [-0.4, -0.2) is 53.6 Å². The SMILES string of the molecule is C[C@H](NC(=O)[C@@H](N)CCCCN(CC#Cc1ccccc1)CC#Cc1ccccc1)C(=O)O. The van der Waals surface area contributed by atoms with E-state index in [1.54, 1.807) is 0 Å². The largest absolute Gasteiger partial charge is 0.480 e. The summed E-state index contributed by atoms with van der Waals surface area (Å²) >= 11 is 0. The number of benzene rings is 2. The van der Waals surface area contributed by atoms with Crippen LogP contribution in [0.2, 0.25) is 0 Å². The molecule has 0 unspecified atom stereocenters. The van der Waals surface area contributed by atoms with Gasteiger partial charge in [0.1, 0.15) is 6.04 Å². The second-order valence-corrected chi connectivity index (χ2v) is 7.72. The first-order valence-corrected chi connectivity index (χ1v) is 11.0. The number of carbonyl (C=O) groups excluding carboxylic acids is 1. The van der Waals surface area contributed by atoms with Crippen LogP contribution in [0.3, 0.4) is 0 Å². The Bertz CT molecular complexity index is 941. The highest BCUT2D eigenvalue weighted by molar-refractivity contribution is 5.86. The number of carbonyl (C=O) groups is 2. The Morgan fingerprint density at radius 3 is 1.94 bits per heavy atom. The highest BCUT2D eigenvalue weighted by Gasteiger charge is 2.19. The summed E-state index contributed by atoms with van der Waals surface area (Å²) in [5.41, 5.74) is 7.85. The molecule has 0 heterocycles. The molecule has 33 heavy (non-hydrogen) atoms. The minimum absolute atomic E-state index is 0.441. The number of nitrogens with zero attached hydrogens (tertiary/aromatic N) is 1. The second-order valence-electron chi connectivity index (χ2n) is 7.72. The van der Waals surface area contributed by atoms with Gasteiger partial charge in [-0.2, -0.15) is 0 Å². The van der Waals surface area contributed by atoms with Gasteiger partial charge in [-0.25, -0.2) is 0 Å². The van der Waals surface area contributed by atoms with Crippen LogP contribution in [0.5, 0.6) is 0 Å². The Labute approximate surface area is 196 Å². The van der Waals surface area contributed by atoms with Gasteiger partial charge in [0.2, 0.25) is 5.91 Å². The van der Waals surface area contributed by atoms with Crippen molar-refractivity contribution in [2.45, 2.75) is 38.3 Å². The molecule has 0 radical (unpaired) electrons.